The molecular weight excluding hydrogens is 194 g/mol. The summed E-state index contributed by atoms with van der Waals surface area (Å²) in [6, 6.07) is 0. The molecule has 0 aromatic carbocycles. The van der Waals surface area contributed by atoms with E-state index in [2.05, 4.69) is 11.9 Å². The molecule has 0 amide bonds. The number of aromatic carboxylic acids is 1. The molecule has 3 rings (SSSR count). The van der Waals surface area contributed by atoms with Crippen LogP contribution in [0.2, 0.25) is 0 Å². The minimum absolute atomic E-state index is 0.0112. The fourth-order valence-electron chi connectivity index (χ4n) is 1.78. The fourth-order valence-corrected chi connectivity index (χ4v) is 1.78. The first kappa shape index (κ1) is 8.95. The van der Waals surface area contributed by atoms with Gasteiger partial charge in [-0.3, -0.25) is 0 Å². The summed E-state index contributed by atoms with van der Waals surface area (Å²) in [5.74, 6) is 0.0401. The molecule has 0 unspecified atom stereocenters. The highest BCUT2D eigenvalue weighted by Crippen LogP contribution is 2.49. The van der Waals surface area contributed by atoms with Gasteiger partial charge in [-0.25, -0.2) is 9.78 Å². The highest BCUT2D eigenvalue weighted by molar-refractivity contribution is 5.86. The summed E-state index contributed by atoms with van der Waals surface area (Å²) in [7, 11) is 0. The molecule has 1 heterocycles. The molecule has 0 bridgehead atoms. The third-order valence-electron chi connectivity index (χ3n) is 3.33. The molecule has 1 aromatic heterocycles. The van der Waals surface area contributed by atoms with Gasteiger partial charge in [-0.1, -0.05) is 6.92 Å². The van der Waals surface area contributed by atoms with Crippen LogP contribution in [0.25, 0.3) is 0 Å². The van der Waals surface area contributed by atoms with E-state index >= 15 is 0 Å². The SMILES string of the molecule is CC1(c2nc(C3CC3)c(C(=O)O)o2)CC1. The van der Waals surface area contributed by atoms with Crippen LogP contribution in [-0.4, -0.2) is 16.1 Å². The molecule has 4 heteroatoms. The van der Waals surface area contributed by atoms with E-state index in [4.69, 9.17) is 9.52 Å². The minimum Gasteiger partial charge on any atom is -0.475 e. The molecule has 1 aromatic rings. The van der Waals surface area contributed by atoms with Gasteiger partial charge in [-0.05, 0) is 25.7 Å². The summed E-state index contributed by atoms with van der Waals surface area (Å²) in [6.45, 7) is 2.07. The average Bonchev–Trinajstić information content (AvgIpc) is 3.09. The molecule has 2 saturated carbocycles. The molecule has 0 radical (unpaired) electrons. The van der Waals surface area contributed by atoms with E-state index in [1.54, 1.807) is 0 Å². The van der Waals surface area contributed by atoms with Gasteiger partial charge in [0.2, 0.25) is 11.7 Å². The second kappa shape index (κ2) is 2.62. The smallest absolute Gasteiger partial charge is 0.373 e. The standard InChI is InChI=1S/C11H13NO3/c1-11(4-5-11)10-12-7(6-2-3-6)8(15-10)9(13)14/h6H,2-5H2,1H3,(H,13,14). The van der Waals surface area contributed by atoms with Gasteiger partial charge in [-0.15, -0.1) is 0 Å². The largest absolute Gasteiger partial charge is 0.475 e. The van der Waals surface area contributed by atoms with Crippen molar-refractivity contribution >= 4 is 5.97 Å². The molecule has 4 nitrogen and oxygen atoms in total. The Labute approximate surface area is 87.3 Å². The molecule has 0 aliphatic heterocycles. The van der Waals surface area contributed by atoms with E-state index in [0.717, 1.165) is 25.7 Å². The summed E-state index contributed by atoms with van der Waals surface area (Å²) in [6.07, 6.45) is 4.19. The lowest BCUT2D eigenvalue weighted by atomic mass is 10.1. The molecule has 0 saturated heterocycles. The Morgan fingerprint density at radius 3 is 2.67 bits per heavy atom. The lowest BCUT2D eigenvalue weighted by Crippen LogP contribution is -1.99. The van der Waals surface area contributed by atoms with Gasteiger partial charge < -0.3 is 9.52 Å². The van der Waals surface area contributed by atoms with Gasteiger partial charge in [0, 0.05) is 11.3 Å². The summed E-state index contributed by atoms with van der Waals surface area (Å²) < 4.78 is 5.39. The topological polar surface area (TPSA) is 63.3 Å². The maximum atomic E-state index is 11.0. The fraction of sp³-hybridized carbons (Fsp3) is 0.636. The summed E-state index contributed by atoms with van der Waals surface area (Å²) in [5, 5.41) is 9.01. The third-order valence-corrected chi connectivity index (χ3v) is 3.33. The highest BCUT2D eigenvalue weighted by atomic mass is 16.4. The molecule has 15 heavy (non-hydrogen) atoms. The Morgan fingerprint density at radius 2 is 2.20 bits per heavy atom. The molecule has 1 N–H and O–H groups in total. The number of nitrogens with zero attached hydrogens (tertiary/aromatic N) is 1. The first-order chi connectivity index (χ1) is 7.10. The number of oxazole rings is 1. The van der Waals surface area contributed by atoms with Crippen molar-refractivity contribution in [3.63, 3.8) is 0 Å². The maximum absolute atomic E-state index is 11.0. The summed E-state index contributed by atoms with van der Waals surface area (Å²) in [4.78, 5) is 15.4. The van der Waals surface area contributed by atoms with Crippen LogP contribution in [-0.2, 0) is 5.41 Å². The number of rotatable bonds is 3. The Bertz CT molecular complexity index is 427. The van der Waals surface area contributed by atoms with Crippen molar-refractivity contribution in [3.8, 4) is 0 Å². The molecule has 2 aliphatic carbocycles. The second-order valence-corrected chi connectivity index (χ2v) is 4.87. The number of hydrogen-bond donors (Lipinski definition) is 1. The number of carboxylic acid groups (broad SMARTS) is 1. The van der Waals surface area contributed by atoms with Gasteiger partial charge in [0.25, 0.3) is 0 Å². The molecule has 0 spiro atoms. The lowest BCUT2D eigenvalue weighted by Gasteiger charge is -1.98. The third kappa shape index (κ3) is 1.35. The van der Waals surface area contributed by atoms with Crippen LogP contribution < -0.4 is 0 Å². The predicted molar refractivity (Wildman–Crippen MR) is 52.0 cm³/mol. The van der Waals surface area contributed by atoms with Crippen molar-refractivity contribution in [2.75, 3.05) is 0 Å². The van der Waals surface area contributed by atoms with Crippen LogP contribution in [0.5, 0.6) is 0 Å². The number of carbonyl (C=O) groups is 1. The first-order valence-electron chi connectivity index (χ1n) is 5.35. The zero-order valence-electron chi connectivity index (χ0n) is 8.62. The van der Waals surface area contributed by atoms with Crippen molar-refractivity contribution in [2.45, 2.75) is 43.9 Å². The quantitative estimate of drug-likeness (QED) is 0.826. The van der Waals surface area contributed by atoms with E-state index < -0.39 is 5.97 Å². The van der Waals surface area contributed by atoms with Crippen molar-refractivity contribution in [1.29, 1.82) is 0 Å². The van der Waals surface area contributed by atoms with Crippen molar-refractivity contribution in [2.24, 2.45) is 0 Å². The number of hydrogen-bond acceptors (Lipinski definition) is 3. The zero-order chi connectivity index (χ0) is 10.6. The number of carboxylic acids is 1. The lowest BCUT2D eigenvalue weighted by molar-refractivity contribution is 0.0658. The Balaban J connectivity index is 2.04. The molecule has 80 valence electrons. The van der Waals surface area contributed by atoms with Crippen LogP contribution in [0, 0.1) is 0 Å². The minimum atomic E-state index is -0.986. The monoisotopic (exact) mass is 207 g/mol. The van der Waals surface area contributed by atoms with Crippen LogP contribution in [0.1, 0.15) is 60.7 Å². The van der Waals surface area contributed by atoms with Crippen molar-refractivity contribution < 1.29 is 14.3 Å². The Kier molecular flexibility index (Phi) is 1.56. The van der Waals surface area contributed by atoms with E-state index in [9.17, 15) is 4.79 Å². The zero-order valence-corrected chi connectivity index (χ0v) is 8.62. The Morgan fingerprint density at radius 1 is 1.53 bits per heavy atom. The van der Waals surface area contributed by atoms with Gasteiger partial charge >= 0.3 is 5.97 Å². The maximum Gasteiger partial charge on any atom is 0.373 e. The van der Waals surface area contributed by atoms with Crippen LogP contribution >= 0.6 is 0 Å². The first-order valence-corrected chi connectivity index (χ1v) is 5.35. The van der Waals surface area contributed by atoms with E-state index in [-0.39, 0.29) is 11.2 Å². The van der Waals surface area contributed by atoms with Gasteiger partial charge in [0.1, 0.15) is 0 Å². The van der Waals surface area contributed by atoms with Crippen LogP contribution in [0.3, 0.4) is 0 Å². The predicted octanol–water partition coefficient (Wildman–Crippen LogP) is 2.30. The van der Waals surface area contributed by atoms with Crippen molar-refractivity contribution in [1.82, 2.24) is 4.98 Å². The molecular formula is C11H13NO3. The van der Waals surface area contributed by atoms with Crippen LogP contribution in [0.4, 0.5) is 0 Å². The summed E-state index contributed by atoms with van der Waals surface area (Å²) in [5.41, 5.74) is 0.683. The van der Waals surface area contributed by atoms with Crippen LogP contribution in [0.15, 0.2) is 4.42 Å². The van der Waals surface area contributed by atoms with E-state index in [1.165, 1.54) is 0 Å². The average molecular weight is 207 g/mol. The highest BCUT2D eigenvalue weighted by Gasteiger charge is 2.46. The summed E-state index contributed by atoms with van der Waals surface area (Å²) >= 11 is 0. The molecule has 2 fully saturated rings. The normalized spacial score (nSPS) is 22.7. The molecule has 2 aliphatic rings. The second-order valence-electron chi connectivity index (χ2n) is 4.87. The molecule has 0 atom stereocenters. The van der Waals surface area contributed by atoms with E-state index in [0.29, 0.717) is 17.5 Å². The Hall–Kier alpha value is -1.32. The number of aromatic nitrogens is 1. The van der Waals surface area contributed by atoms with Gasteiger partial charge in [0.05, 0.1) is 5.69 Å². The van der Waals surface area contributed by atoms with Gasteiger partial charge in [-0.2, -0.15) is 0 Å². The van der Waals surface area contributed by atoms with E-state index in [1.807, 2.05) is 0 Å². The van der Waals surface area contributed by atoms with Gasteiger partial charge in [0.15, 0.2) is 0 Å². The van der Waals surface area contributed by atoms with Crippen molar-refractivity contribution in [3.05, 3.63) is 17.3 Å².